The molecule has 0 fully saturated rings. The van der Waals surface area contributed by atoms with Crippen LogP contribution in [0.4, 0.5) is 4.39 Å². The van der Waals surface area contributed by atoms with E-state index in [1.807, 2.05) is 13.8 Å². The fourth-order valence-corrected chi connectivity index (χ4v) is 2.65. The van der Waals surface area contributed by atoms with Crippen LogP contribution < -0.4 is 0 Å². The minimum atomic E-state index is -0.678. The van der Waals surface area contributed by atoms with Crippen LogP contribution in [0, 0.1) is 5.82 Å². The van der Waals surface area contributed by atoms with Gasteiger partial charge in [0.05, 0.1) is 17.9 Å². The molecule has 118 valence electrons. The molecule has 0 bridgehead atoms. The number of thioether (sulfide) groups is 1. The van der Waals surface area contributed by atoms with Gasteiger partial charge in [0.15, 0.2) is 5.82 Å². The number of methoxy groups -OCH3 is 1. The molecule has 1 atom stereocenters. The smallest absolute Gasteiger partial charge is 0.340 e. The van der Waals surface area contributed by atoms with E-state index in [4.69, 9.17) is 4.52 Å². The summed E-state index contributed by atoms with van der Waals surface area (Å²) >= 11 is 1.56. The number of rotatable bonds is 6. The second-order valence-corrected chi connectivity index (χ2v) is 5.99. The number of hydrogen-bond acceptors (Lipinski definition) is 6. The molecular weight excluding hydrogens is 307 g/mol. The van der Waals surface area contributed by atoms with Gasteiger partial charge in [-0.25, -0.2) is 9.18 Å². The van der Waals surface area contributed by atoms with E-state index < -0.39 is 11.8 Å². The molecule has 0 saturated heterocycles. The quantitative estimate of drug-likeness (QED) is 0.757. The van der Waals surface area contributed by atoms with Crippen LogP contribution in [0.5, 0.6) is 0 Å². The standard InChI is InChI=1S/C15H17FN2O3S/c1-4-13-17-14(21-18-13)9(2)22-8-10-5-6-11(12(16)7-10)15(19)20-3/h5-7,9H,4,8H2,1-3H3/t9-/m1/s1. The molecule has 0 amide bonds. The Kier molecular flexibility index (Phi) is 5.54. The van der Waals surface area contributed by atoms with E-state index in [0.29, 0.717) is 17.5 Å². The zero-order chi connectivity index (χ0) is 16.1. The largest absolute Gasteiger partial charge is 0.465 e. The molecule has 0 spiro atoms. The number of carbonyl (C=O) groups excluding carboxylic acids is 1. The first-order valence-corrected chi connectivity index (χ1v) is 7.90. The van der Waals surface area contributed by atoms with Gasteiger partial charge < -0.3 is 9.26 Å². The zero-order valence-corrected chi connectivity index (χ0v) is 13.4. The molecule has 0 aliphatic carbocycles. The van der Waals surface area contributed by atoms with Gasteiger partial charge in [0.25, 0.3) is 0 Å². The van der Waals surface area contributed by atoms with Crippen LogP contribution in [0.25, 0.3) is 0 Å². The number of hydrogen-bond donors (Lipinski definition) is 0. The molecule has 1 aromatic carbocycles. The maximum atomic E-state index is 13.8. The third-order valence-electron chi connectivity index (χ3n) is 3.09. The van der Waals surface area contributed by atoms with Gasteiger partial charge >= 0.3 is 5.97 Å². The number of aromatic nitrogens is 2. The summed E-state index contributed by atoms with van der Waals surface area (Å²) in [5.41, 5.74) is 0.714. The van der Waals surface area contributed by atoms with Gasteiger partial charge in [-0.3, -0.25) is 0 Å². The Balaban J connectivity index is 1.99. The van der Waals surface area contributed by atoms with Gasteiger partial charge in [-0.15, -0.1) is 11.8 Å². The Labute approximate surface area is 132 Å². The summed E-state index contributed by atoms with van der Waals surface area (Å²) in [6, 6.07) is 4.49. The third-order valence-corrected chi connectivity index (χ3v) is 4.29. The third kappa shape index (κ3) is 3.85. The summed E-state index contributed by atoms with van der Waals surface area (Å²) in [6.07, 6.45) is 0.723. The predicted molar refractivity (Wildman–Crippen MR) is 81.1 cm³/mol. The Morgan fingerprint density at radius 3 is 2.86 bits per heavy atom. The molecule has 2 aromatic rings. The summed E-state index contributed by atoms with van der Waals surface area (Å²) in [5.74, 6) is 0.555. The highest BCUT2D eigenvalue weighted by Crippen LogP contribution is 2.30. The lowest BCUT2D eigenvalue weighted by Crippen LogP contribution is -2.04. The normalized spacial score (nSPS) is 12.2. The highest BCUT2D eigenvalue weighted by atomic mass is 32.2. The minimum Gasteiger partial charge on any atom is -0.465 e. The fourth-order valence-electron chi connectivity index (χ4n) is 1.79. The first kappa shape index (κ1) is 16.5. The molecule has 0 N–H and O–H groups in total. The molecule has 0 aliphatic heterocycles. The monoisotopic (exact) mass is 324 g/mol. The molecule has 1 aromatic heterocycles. The van der Waals surface area contributed by atoms with Crippen molar-refractivity contribution in [2.45, 2.75) is 31.3 Å². The van der Waals surface area contributed by atoms with Crippen LogP contribution in [-0.2, 0) is 16.9 Å². The lowest BCUT2D eigenvalue weighted by Gasteiger charge is -2.08. The summed E-state index contributed by atoms with van der Waals surface area (Å²) in [4.78, 5) is 15.6. The maximum absolute atomic E-state index is 13.8. The van der Waals surface area contributed by atoms with Crippen molar-refractivity contribution in [3.05, 3.63) is 46.9 Å². The minimum absolute atomic E-state index is 0.0103. The van der Waals surface area contributed by atoms with Crippen LogP contribution in [-0.4, -0.2) is 23.2 Å². The summed E-state index contributed by atoms with van der Waals surface area (Å²) in [6.45, 7) is 3.91. The lowest BCUT2D eigenvalue weighted by molar-refractivity contribution is 0.0595. The highest BCUT2D eigenvalue weighted by molar-refractivity contribution is 7.98. The van der Waals surface area contributed by atoms with Gasteiger partial charge in [-0.05, 0) is 24.6 Å². The Hall–Kier alpha value is -1.89. The second kappa shape index (κ2) is 7.40. The number of halogens is 1. The Morgan fingerprint density at radius 2 is 2.27 bits per heavy atom. The number of benzene rings is 1. The van der Waals surface area contributed by atoms with Crippen molar-refractivity contribution >= 4 is 17.7 Å². The Bertz CT molecular complexity index is 660. The number of esters is 1. The van der Waals surface area contributed by atoms with Gasteiger partial charge in [0.1, 0.15) is 5.82 Å². The molecule has 0 radical (unpaired) electrons. The van der Waals surface area contributed by atoms with Crippen molar-refractivity contribution in [2.75, 3.05) is 7.11 Å². The van der Waals surface area contributed by atoms with Crippen molar-refractivity contribution in [1.82, 2.24) is 10.1 Å². The van der Waals surface area contributed by atoms with Crippen LogP contribution in [0.15, 0.2) is 22.7 Å². The summed E-state index contributed by atoms with van der Waals surface area (Å²) < 4.78 is 23.5. The van der Waals surface area contributed by atoms with Crippen molar-refractivity contribution in [1.29, 1.82) is 0 Å². The van der Waals surface area contributed by atoms with Crippen LogP contribution >= 0.6 is 11.8 Å². The van der Waals surface area contributed by atoms with E-state index in [1.54, 1.807) is 17.8 Å². The summed E-state index contributed by atoms with van der Waals surface area (Å²) in [5, 5.41) is 3.86. The average molecular weight is 324 g/mol. The van der Waals surface area contributed by atoms with E-state index in [1.165, 1.54) is 19.2 Å². The first-order chi connectivity index (χ1) is 10.5. The van der Waals surface area contributed by atoms with Gasteiger partial charge in [-0.2, -0.15) is 4.98 Å². The number of carbonyl (C=O) groups is 1. The van der Waals surface area contributed by atoms with E-state index in [-0.39, 0.29) is 10.8 Å². The molecule has 0 saturated carbocycles. The average Bonchev–Trinajstić information content (AvgIpc) is 3.01. The molecule has 1 heterocycles. The molecule has 0 unspecified atom stereocenters. The van der Waals surface area contributed by atoms with Crippen molar-refractivity contribution in [2.24, 2.45) is 0 Å². The Morgan fingerprint density at radius 1 is 1.50 bits per heavy atom. The fraction of sp³-hybridized carbons (Fsp3) is 0.400. The molecule has 0 aliphatic rings. The zero-order valence-electron chi connectivity index (χ0n) is 12.6. The number of nitrogens with zero attached hydrogens (tertiary/aromatic N) is 2. The van der Waals surface area contributed by atoms with Crippen molar-refractivity contribution in [3.8, 4) is 0 Å². The molecular formula is C15H17FN2O3S. The topological polar surface area (TPSA) is 65.2 Å². The van der Waals surface area contributed by atoms with E-state index in [0.717, 1.165) is 12.0 Å². The number of ether oxygens (including phenoxy) is 1. The maximum Gasteiger partial charge on any atom is 0.340 e. The molecule has 2 rings (SSSR count). The summed E-state index contributed by atoms with van der Waals surface area (Å²) in [7, 11) is 1.22. The molecule has 5 nitrogen and oxygen atoms in total. The predicted octanol–water partition coefficient (Wildman–Crippen LogP) is 3.55. The van der Waals surface area contributed by atoms with Crippen molar-refractivity contribution < 1.29 is 18.4 Å². The lowest BCUT2D eigenvalue weighted by atomic mass is 10.1. The van der Waals surface area contributed by atoms with Crippen LogP contribution in [0.1, 0.15) is 46.7 Å². The SMILES string of the molecule is CCc1noc([C@@H](C)SCc2ccc(C(=O)OC)c(F)c2)n1. The number of aryl methyl sites for hydroxylation is 1. The molecule has 7 heteroatoms. The first-order valence-electron chi connectivity index (χ1n) is 6.86. The van der Waals surface area contributed by atoms with Crippen molar-refractivity contribution in [3.63, 3.8) is 0 Å². The van der Waals surface area contributed by atoms with Gasteiger partial charge in [0, 0.05) is 12.2 Å². The van der Waals surface area contributed by atoms with E-state index >= 15 is 0 Å². The molecule has 22 heavy (non-hydrogen) atoms. The van der Waals surface area contributed by atoms with Gasteiger partial charge in [0.2, 0.25) is 5.89 Å². The van der Waals surface area contributed by atoms with Crippen LogP contribution in [0.2, 0.25) is 0 Å². The van der Waals surface area contributed by atoms with Crippen LogP contribution in [0.3, 0.4) is 0 Å². The second-order valence-electron chi connectivity index (χ2n) is 4.66. The van der Waals surface area contributed by atoms with Gasteiger partial charge in [-0.1, -0.05) is 18.1 Å². The van der Waals surface area contributed by atoms with E-state index in [9.17, 15) is 9.18 Å². The highest BCUT2D eigenvalue weighted by Gasteiger charge is 2.16. The van der Waals surface area contributed by atoms with E-state index in [2.05, 4.69) is 14.9 Å².